The van der Waals surface area contributed by atoms with Gasteiger partial charge in [-0.1, -0.05) is 12.0 Å². The van der Waals surface area contributed by atoms with Gasteiger partial charge < -0.3 is 14.6 Å². The van der Waals surface area contributed by atoms with Crippen molar-refractivity contribution in [2.24, 2.45) is 0 Å². The van der Waals surface area contributed by atoms with Crippen molar-refractivity contribution < 1.29 is 9.31 Å². The lowest BCUT2D eigenvalue weighted by atomic mass is 9.87. The Kier molecular flexibility index (Phi) is 3.68. The van der Waals surface area contributed by atoms with Gasteiger partial charge in [-0.15, -0.1) is 0 Å². The number of aromatic nitrogens is 1. The largest absolute Gasteiger partial charge is 0.487 e. The fraction of sp³-hybridized carbons (Fsp3) is 0.562. The molecular weight excluding hydrogens is 263 g/mol. The number of pyridine rings is 1. The molecule has 0 radical (unpaired) electrons. The van der Waals surface area contributed by atoms with E-state index in [1.165, 1.54) is 5.56 Å². The predicted octanol–water partition coefficient (Wildman–Crippen LogP) is 2.41. The van der Waals surface area contributed by atoms with Crippen LogP contribution < -0.4 is 5.32 Å². The monoisotopic (exact) mass is 286 g/mol. The minimum atomic E-state index is -0.315. The molecule has 4 nitrogen and oxygen atoms in total. The number of nitrogens with zero attached hydrogens (tertiary/aromatic N) is 1. The number of hydrogen-bond acceptors (Lipinski definition) is 4. The van der Waals surface area contributed by atoms with E-state index in [-0.39, 0.29) is 18.3 Å². The van der Waals surface area contributed by atoms with E-state index in [0.717, 1.165) is 18.8 Å². The molecule has 0 bridgehead atoms. The molecule has 0 aromatic carbocycles. The van der Waals surface area contributed by atoms with E-state index >= 15 is 0 Å². The normalized spacial score (nSPS) is 24.5. The van der Waals surface area contributed by atoms with E-state index in [0.29, 0.717) is 5.92 Å². The molecule has 1 N–H and O–H groups in total. The van der Waals surface area contributed by atoms with Crippen LogP contribution in [0.3, 0.4) is 0 Å². The van der Waals surface area contributed by atoms with Gasteiger partial charge in [0.05, 0.1) is 16.9 Å². The second kappa shape index (κ2) is 5.23. The van der Waals surface area contributed by atoms with Crippen LogP contribution in [0, 0.1) is 0 Å². The van der Waals surface area contributed by atoms with Gasteiger partial charge in [0, 0.05) is 25.2 Å². The molecule has 0 spiro atoms. The summed E-state index contributed by atoms with van der Waals surface area (Å²) in [7, 11) is -0.315. The van der Waals surface area contributed by atoms with Crippen LogP contribution in [-0.2, 0) is 9.31 Å². The topological polar surface area (TPSA) is 43.4 Å². The molecule has 5 heteroatoms. The minimum absolute atomic E-state index is 0.299. The van der Waals surface area contributed by atoms with E-state index in [1.54, 1.807) is 0 Å². The molecule has 0 unspecified atom stereocenters. The first-order valence-corrected chi connectivity index (χ1v) is 7.58. The van der Waals surface area contributed by atoms with Crippen LogP contribution in [0.5, 0.6) is 0 Å². The Balaban J connectivity index is 1.76. The lowest BCUT2D eigenvalue weighted by molar-refractivity contribution is 0.00578. The van der Waals surface area contributed by atoms with E-state index in [4.69, 9.17) is 9.31 Å². The van der Waals surface area contributed by atoms with Gasteiger partial charge in [-0.25, -0.2) is 0 Å². The zero-order valence-electron chi connectivity index (χ0n) is 13.2. The summed E-state index contributed by atoms with van der Waals surface area (Å²) in [6.07, 6.45) is 3.86. The van der Waals surface area contributed by atoms with Gasteiger partial charge in [0.15, 0.2) is 0 Å². The fourth-order valence-electron chi connectivity index (χ4n) is 2.56. The van der Waals surface area contributed by atoms with Gasteiger partial charge in [-0.05, 0) is 45.4 Å². The van der Waals surface area contributed by atoms with Crippen molar-refractivity contribution in [3.8, 4) is 0 Å². The highest BCUT2D eigenvalue weighted by Gasteiger charge is 2.50. The molecule has 2 fully saturated rings. The van der Waals surface area contributed by atoms with Crippen molar-refractivity contribution in [1.82, 2.24) is 10.3 Å². The van der Waals surface area contributed by atoms with Crippen molar-refractivity contribution in [1.29, 1.82) is 0 Å². The van der Waals surface area contributed by atoms with Gasteiger partial charge >= 0.3 is 7.12 Å². The summed E-state index contributed by atoms with van der Waals surface area (Å²) >= 11 is 0. The molecule has 1 aromatic rings. The summed E-state index contributed by atoms with van der Waals surface area (Å²) < 4.78 is 12.0. The second-order valence-corrected chi connectivity index (χ2v) is 6.82. The van der Waals surface area contributed by atoms with Crippen molar-refractivity contribution in [3.63, 3.8) is 0 Å². The predicted molar refractivity (Wildman–Crippen MR) is 85.0 cm³/mol. The van der Waals surface area contributed by atoms with Gasteiger partial charge in [-0.3, -0.25) is 4.98 Å². The maximum absolute atomic E-state index is 5.98. The quantitative estimate of drug-likeness (QED) is 0.867. The minimum Gasteiger partial charge on any atom is -0.400 e. The van der Waals surface area contributed by atoms with Crippen LogP contribution in [-0.4, -0.2) is 36.4 Å². The smallest absolute Gasteiger partial charge is 0.400 e. The average Bonchev–Trinajstić information content (AvgIpc) is 2.55. The summed E-state index contributed by atoms with van der Waals surface area (Å²) in [6, 6.07) is 4.15. The summed E-state index contributed by atoms with van der Waals surface area (Å²) in [5, 5.41) is 3.30. The lowest BCUT2D eigenvalue weighted by Gasteiger charge is -2.32. The van der Waals surface area contributed by atoms with Crippen molar-refractivity contribution >= 4 is 13.2 Å². The molecule has 0 atom stereocenters. The summed E-state index contributed by atoms with van der Waals surface area (Å²) in [6.45, 7) is 10.3. The Morgan fingerprint density at radius 3 is 2.48 bits per heavy atom. The molecule has 2 aliphatic heterocycles. The maximum Gasteiger partial charge on any atom is 0.487 e. The molecule has 112 valence electrons. The van der Waals surface area contributed by atoms with Gasteiger partial charge in [0.2, 0.25) is 0 Å². The molecule has 3 heterocycles. The van der Waals surface area contributed by atoms with E-state index in [2.05, 4.69) is 44.1 Å². The van der Waals surface area contributed by atoms with E-state index < -0.39 is 0 Å². The number of rotatable bonds is 3. The van der Waals surface area contributed by atoms with Crippen LogP contribution >= 0.6 is 0 Å². The Morgan fingerprint density at radius 1 is 1.24 bits per heavy atom. The van der Waals surface area contributed by atoms with E-state index in [1.807, 2.05) is 24.3 Å². The Hall–Kier alpha value is -1.17. The molecular formula is C16H23BN2O2. The highest BCUT2D eigenvalue weighted by Crippen LogP contribution is 2.37. The summed E-state index contributed by atoms with van der Waals surface area (Å²) in [5.41, 5.74) is 1.71. The molecule has 21 heavy (non-hydrogen) atoms. The van der Waals surface area contributed by atoms with Gasteiger partial charge in [-0.2, -0.15) is 0 Å². The highest BCUT2D eigenvalue weighted by atomic mass is 16.7. The average molecular weight is 286 g/mol. The van der Waals surface area contributed by atoms with Crippen LogP contribution in [0.25, 0.3) is 6.08 Å². The number of nitrogens with one attached hydrogen (secondary N) is 1. The highest BCUT2D eigenvalue weighted by molar-refractivity contribution is 6.52. The second-order valence-electron chi connectivity index (χ2n) is 6.82. The standard InChI is InChI=1S/C16H23BN2O2/c1-15(2)16(3,4)21-17(20-15)8-7-14-13(6-5-9-19-14)12-10-18-11-12/h5-9,12,18H,10-11H2,1-4H3/b8-7+. The number of hydrogen-bond donors (Lipinski definition) is 1. The zero-order valence-corrected chi connectivity index (χ0v) is 13.2. The van der Waals surface area contributed by atoms with Crippen LogP contribution in [0.1, 0.15) is 44.9 Å². The molecule has 0 aliphatic carbocycles. The first kappa shape index (κ1) is 14.8. The SMILES string of the molecule is CC1(C)OB(/C=C/c2ncccc2C2CNC2)OC1(C)C. The third-order valence-electron chi connectivity index (χ3n) is 4.78. The molecule has 0 amide bonds. The van der Waals surface area contributed by atoms with Crippen LogP contribution in [0.4, 0.5) is 0 Å². The Morgan fingerprint density at radius 2 is 1.90 bits per heavy atom. The Labute approximate surface area is 127 Å². The third-order valence-corrected chi connectivity index (χ3v) is 4.78. The summed E-state index contributed by atoms with van der Waals surface area (Å²) in [4.78, 5) is 4.49. The van der Waals surface area contributed by atoms with Crippen LogP contribution in [0.2, 0.25) is 0 Å². The summed E-state index contributed by atoms with van der Waals surface area (Å²) in [5.74, 6) is 2.53. The first-order chi connectivity index (χ1) is 9.89. The van der Waals surface area contributed by atoms with Crippen LogP contribution in [0.15, 0.2) is 24.3 Å². The molecule has 0 saturated carbocycles. The molecule has 1 aromatic heterocycles. The van der Waals surface area contributed by atoms with Crippen molar-refractivity contribution in [3.05, 3.63) is 35.6 Å². The van der Waals surface area contributed by atoms with Gasteiger partial charge in [0.1, 0.15) is 0 Å². The zero-order chi connectivity index (χ0) is 15.1. The molecule has 2 saturated heterocycles. The fourth-order valence-corrected chi connectivity index (χ4v) is 2.56. The van der Waals surface area contributed by atoms with Crippen molar-refractivity contribution in [2.75, 3.05) is 13.1 Å². The maximum atomic E-state index is 5.98. The first-order valence-electron chi connectivity index (χ1n) is 7.58. The molecule has 3 rings (SSSR count). The molecule has 2 aliphatic rings. The van der Waals surface area contributed by atoms with Crippen molar-refractivity contribution in [2.45, 2.75) is 44.8 Å². The van der Waals surface area contributed by atoms with E-state index in [9.17, 15) is 0 Å². The lowest BCUT2D eigenvalue weighted by Crippen LogP contribution is -2.41. The van der Waals surface area contributed by atoms with Gasteiger partial charge in [0.25, 0.3) is 0 Å². The Bertz CT molecular complexity index is 537. The third kappa shape index (κ3) is 2.78.